The van der Waals surface area contributed by atoms with Crippen LogP contribution in [0, 0.1) is 6.92 Å². The van der Waals surface area contributed by atoms with Gasteiger partial charge < -0.3 is 4.90 Å². The van der Waals surface area contributed by atoms with E-state index < -0.39 is 11.7 Å². The largest absolute Gasteiger partial charge is 0.416 e. The molecule has 1 aliphatic rings. The molecule has 0 saturated carbocycles. The van der Waals surface area contributed by atoms with E-state index >= 15 is 0 Å². The van der Waals surface area contributed by atoms with Crippen LogP contribution in [0.15, 0.2) is 42.5 Å². The standard InChI is InChI=1S/C19H18F3NO/c1-13-7-8-17-15(10-13)5-3-9-23(17)18(24)12-14-4-2-6-16(11-14)19(20,21)22/h2,4,6-8,10-11H,3,5,9,12H2,1H3. The topological polar surface area (TPSA) is 20.3 Å². The molecule has 0 radical (unpaired) electrons. The van der Waals surface area contributed by atoms with Gasteiger partial charge in [-0.2, -0.15) is 13.2 Å². The number of amides is 1. The first-order valence-corrected chi connectivity index (χ1v) is 7.90. The average molecular weight is 333 g/mol. The summed E-state index contributed by atoms with van der Waals surface area (Å²) in [6.07, 6.45) is -2.64. The van der Waals surface area contributed by atoms with Crippen molar-refractivity contribution in [2.24, 2.45) is 0 Å². The molecular weight excluding hydrogens is 315 g/mol. The van der Waals surface area contributed by atoms with Crippen LogP contribution in [0.4, 0.5) is 18.9 Å². The molecule has 0 aliphatic carbocycles. The fraction of sp³-hybridized carbons (Fsp3) is 0.316. The van der Waals surface area contributed by atoms with E-state index in [0.717, 1.165) is 41.8 Å². The van der Waals surface area contributed by atoms with Crippen molar-refractivity contribution in [2.45, 2.75) is 32.4 Å². The van der Waals surface area contributed by atoms with Crippen LogP contribution in [-0.4, -0.2) is 12.5 Å². The van der Waals surface area contributed by atoms with Crippen LogP contribution in [0.5, 0.6) is 0 Å². The number of carbonyl (C=O) groups excluding carboxylic acids is 1. The first kappa shape index (κ1) is 16.6. The second-order valence-corrected chi connectivity index (χ2v) is 6.16. The number of benzene rings is 2. The summed E-state index contributed by atoms with van der Waals surface area (Å²) < 4.78 is 38.4. The molecule has 5 heteroatoms. The van der Waals surface area contributed by atoms with Gasteiger partial charge in [-0.3, -0.25) is 4.79 Å². The van der Waals surface area contributed by atoms with E-state index in [1.54, 1.807) is 11.0 Å². The van der Waals surface area contributed by atoms with Gasteiger partial charge in [0.05, 0.1) is 12.0 Å². The maximum Gasteiger partial charge on any atom is 0.416 e. The Morgan fingerprint density at radius 2 is 1.96 bits per heavy atom. The number of rotatable bonds is 2. The van der Waals surface area contributed by atoms with Crippen LogP contribution < -0.4 is 4.90 Å². The highest BCUT2D eigenvalue weighted by Gasteiger charge is 2.30. The molecule has 0 bridgehead atoms. The molecule has 3 rings (SSSR count). The van der Waals surface area contributed by atoms with E-state index in [0.29, 0.717) is 12.1 Å². The number of hydrogen-bond acceptors (Lipinski definition) is 1. The van der Waals surface area contributed by atoms with Crippen LogP contribution in [0.3, 0.4) is 0 Å². The summed E-state index contributed by atoms with van der Waals surface area (Å²) in [5.74, 6) is -0.167. The molecule has 1 aliphatic heterocycles. The summed E-state index contributed by atoms with van der Waals surface area (Å²) in [6.45, 7) is 2.61. The summed E-state index contributed by atoms with van der Waals surface area (Å²) in [7, 11) is 0. The fourth-order valence-electron chi connectivity index (χ4n) is 3.11. The summed E-state index contributed by atoms with van der Waals surface area (Å²) in [5, 5.41) is 0. The Bertz CT molecular complexity index is 767. The van der Waals surface area contributed by atoms with Gasteiger partial charge in [-0.15, -0.1) is 0 Å². The molecule has 2 nitrogen and oxygen atoms in total. The highest BCUT2D eigenvalue weighted by molar-refractivity contribution is 5.96. The predicted octanol–water partition coefficient (Wildman–Crippen LogP) is 4.54. The predicted molar refractivity (Wildman–Crippen MR) is 87.0 cm³/mol. The molecule has 2 aromatic carbocycles. The third-order valence-corrected chi connectivity index (χ3v) is 4.26. The van der Waals surface area contributed by atoms with Crippen molar-refractivity contribution < 1.29 is 18.0 Å². The second-order valence-electron chi connectivity index (χ2n) is 6.16. The molecule has 1 amide bonds. The Labute approximate surface area is 138 Å². The molecule has 0 N–H and O–H groups in total. The number of carbonyl (C=O) groups is 1. The second kappa shape index (κ2) is 6.30. The van der Waals surface area contributed by atoms with Crippen molar-refractivity contribution in [3.05, 3.63) is 64.7 Å². The lowest BCUT2D eigenvalue weighted by atomic mass is 9.98. The molecule has 0 unspecified atom stereocenters. The van der Waals surface area contributed by atoms with Crippen LogP contribution >= 0.6 is 0 Å². The zero-order chi connectivity index (χ0) is 17.3. The van der Waals surface area contributed by atoms with E-state index in [9.17, 15) is 18.0 Å². The molecule has 0 atom stereocenters. The Balaban J connectivity index is 1.82. The minimum Gasteiger partial charge on any atom is -0.312 e. The number of halogens is 3. The maximum atomic E-state index is 12.8. The SMILES string of the molecule is Cc1ccc2c(c1)CCCN2C(=O)Cc1cccc(C(F)(F)F)c1. The normalized spacial score (nSPS) is 14.4. The van der Waals surface area contributed by atoms with Crippen LogP contribution in [0.25, 0.3) is 0 Å². The molecule has 0 fully saturated rings. The van der Waals surface area contributed by atoms with Gasteiger partial charge in [0.2, 0.25) is 5.91 Å². The molecule has 0 saturated heterocycles. The van der Waals surface area contributed by atoms with Crippen molar-refractivity contribution in [3.63, 3.8) is 0 Å². The molecule has 2 aromatic rings. The smallest absolute Gasteiger partial charge is 0.312 e. The third kappa shape index (κ3) is 3.45. The number of fused-ring (bicyclic) bond motifs is 1. The number of alkyl halides is 3. The highest BCUT2D eigenvalue weighted by Crippen LogP contribution is 2.31. The van der Waals surface area contributed by atoms with Crippen molar-refractivity contribution in [3.8, 4) is 0 Å². The van der Waals surface area contributed by atoms with Gasteiger partial charge >= 0.3 is 6.18 Å². The zero-order valence-electron chi connectivity index (χ0n) is 13.4. The third-order valence-electron chi connectivity index (χ3n) is 4.26. The quantitative estimate of drug-likeness (QED) is 0.790. The molecular formula is C19H18F3NO. The van der Waals surface area contributed by atoms with Crippen molar-refractivity contribution >= 4 is 11.6 Å². The van der Waals surface area contributed by atoms with Gasteiger partial charge in [-0.25, -0.2) is 0 Å². The zero-order valence-corrected chi connectivity index (χ0v) is 13.4. The Hall–Kier alpha value is -2.30. The first-order chi connectivity index (χ1) is 11.3. The van der Waals surface area contributed by atoms with Gasteiger partial charge in [-0.05, 0) is 43.0 Å². The van der Waals surface area contributed by atoms with Crippen molar-refractivity contribution in [2.75, 3.05) is 11.4 Å². The van der Waals surface area contributed by atoms with Crippen LogP contribution in [0.2, 0.25) is 0 Å². The minimum absolute atomic E-state index is 0.0305. The maximum absolute atomic E-state index is 12.8. The fourth-order valence-corrected chi connectivity index (χ4v) is 3.11. The van der Waals surface area contributed by atoms with Gasteiger partial charge in [0.15, 0.2) is 0 Å². The van der Waals surface area contributed by atoms with Gasteiger partial charge in [0, 0.05) is 12.2 Å². The number of anilines is 1. The van der Waals surface area contributed by atoms with Gasteiger partial charge in [-0.1, -0.05) is 35.9 Å². The average Bonchev–Trinajstić information content (AvgIpc) is 2.53. The lowest BCUT2D eigenvalue weighted by Crippen LogP contribution is -2.36. The number of nitrogens with zero attached hydrogens (tertiary/aromatic N) is 1. The number of hydrogen-bond donors (Lipinski definition) is 0. The van der Waals surface area contributed by atoms with Crippen molar-refractivity contribution in [1.82, 2.24) is 0 Å². The lowest BCUT2D eigenvalue weighted by Gasteiger charge is -2.30. The Morgan fingerprint density at radius 3 is 2.71 bits per heavy atom. The highest BCUT2D eigenvalue weighted by atomic mass is 19.4. The molecule has 126 valence electrons. The summed E-state index contributed by atoms with van der Waals surface area (Å²) in [4.78, 5) is 14.3. The van der Waals surface area contributed by atoms with E-state index in [1.165, 1.54) is 6.07 Å². The summed E-state index contributed by atoms with van der Waals surface area (Å²) >= 11 is 0. The van der Waals surface area contributed by atoms with E-state index in [2.05, 4.69) is 6.07 Å². The van der Waals surface area contributed by atoms with E-state index in [-0.39, 0.29) is 12.3 Å². The lowest BCUT2D eigenvalue weighted by molar-refractivity contribution is -0.137. The number of aryl methyl sites for hydroxylation is 2. The van der Waals surface area contributed by atoms with Crippen LogP contribution in [0.1, 0.15) is 28.7 Å². The summed E-state index contributed by atoms with van der Waals surface area (Å²) in [6, 6.07) is 10.9. The summed E-state index contributed by atoms with van der Waals surface area (Å²) in [5.41, 5.74) is 2.81. The van der Waals surface area contributed by atoms with Crippen molar-refractivity contribution in [1.29, 1.82) is 0 Å². The molecule has 1 heterocycles. The Kier molecular flexibility index (Phi) is 4.35. The van der Waals surface area contributed by atoms with Crippen LogP contribution in [-0.2, 0) is 23.8 Å². The van der Waals surface area contributed by atoms with Gasteiger partial charge in [0.1, 0.15) is 0 Å². The first-order valence-electron chi connectivity index (χ1n) is 7.90. The molecule has 0 spiro atoms. The van der Waals surface area contributed by atoms with E-state index in [1.807, 2.05) is 19.1 Å². The molecule has 24 heavy (non-hydrogen) atoms. The van der Waals surface area contributed by atoms with E-state index in [4.69, 9.17) is 0 Å². The van der Waals surface area contributed by atoms with Gasteiger partial charge in [0.25, 0.3) is 0 Å². The monoisotopic (exact) mass is 333 g/mol. The minimum atomic E-state index is -4.39. The molecule has 0 aromatic heterocycles. The Morgan fingerprint density at radius 1 is 1.17 bits per heavy atom.